The van der Waals surface area contributed by atoms with Crippen molar-refractivity contribution in [2.24, 2.45) is 0 Å². The monoisotopic (exact) mass is 424 g/mol. The van der Waals surface area contributed by atoms with E-state index in [-0.39, 0.29) is 0 Å². The first-order valence-corrected chi connectivity index (χ1v) is 11.2. The van der Waals surface area contributed by atoms with E-state index in [4.69, 9.17) is 4.74 Å². The largest absolute Gasteiger partial charge is 0.496 e. The van der Waals surface area contributed by atoms with Gasteiger partial charge in [0.05, 0.1) is 7.11 Å². The minimum Gasteiger partial charge on any atom is -0.496 e. The molecule has 0 spiro atoms. The molecule has 5 rings (SSSR count). The maximum absolute atomic E-state index is 5.68. The Kier molecular flexibility index (Phi) is 5.99. The Morgan fingerprint density at radius 2 is 1.50 bits per heavy atom. The molecule has 0 N–H and O–H groups in total. The maximum atomic E-state index is 5.68. The van der Waals surface area contributed by atoms with Crippen molar-refractivity contribution in [3.8, 4) is 5.75 Å². The molecule has 3 aromatic carbocycles. The van der Waals surface area contributed by atoms with Gasteiger partial charge in [-0.05, 0) is 28.0 Å². The van der Waals surface area contributed by atoms with E-state index in [9.17, 15) is 0 Å². The van der Waals surface area contributed by atoms with Gasteiger partial charge in [-0.3, -0.25) is 4.90 Å². The molecule has 5 heteroatoms. The molecule has 0 bridgehead atoms. The second-order valence-electron chi connectivity index (χ2n) is 8.28. The third kappa shape index (κ3) is 4.43. The van der Waals surface area contributed by atoms with Gasteiger partial charge in [0.1, 0.15) is 5.75 Å². The molecule has 1 saturated heterocycles. The van der Waals surface area contributed by atoms with Crippen LogP contribution in [-0.2, 0) is 13.0 Å². The number of hydrogen-bond acceptors (Lipinski definition) is 5. The van der Waals surface area contributed by atoms with Crippen molar-refractivity contribution in [3.05, 3.63) is 95.8 Å². The molecule has 2 heterocycles. The first-order valence-electron chi connectivity index (χ1n) is 11.2. The molecular formula is C27H28N4O. The van der Waals surface area contributed by atoms with Gasteiger partial charge in [0.15, 0.2) is 0 Å². The highest BCUT2D eigenvalue weighted by Crippen LogP contribution is 2.29. The van der Waals surface area contributed by atoms with Crippen molar-refractivity contribution in [3.63, 3.8) is 0 Å². The Morgan fingerprint density at radius 1 is 0.781 bits per heavy atom. The van der Waals surface area contributed by atoms with E-state index in [1.807, 2.05) is 18.5 Å². The zero-order valence-corrected chi connectivity index (χ0v) is 18.4. The fraction of sp³-hybridized carbons (Fsp3) is 0.259. The van der Waals surface area contributed by atoms with E-state index in [2.05, 4.69) is 80.4 Å². The molecule has 4 aromatic rings. The van der Waals surface area contributed by atoms with E-state index >= 15 is 0 Å². The number of ether oxygens (including phenoxy) is 1. The van der Waals surface area contributed by atoms with Crippen LogP contribution in [0.5, 0.6) is 5.75 Å². The number of fused-ring (bicyclic) bond motifs is 1. The number of benzene rings is 3. The molecule has 1 aliphatic heterocycles. The summed E-state index contributed by atoms with van der Waals surface area (Å²) in [6.45, 7) is 4.68. The summed E-state index contributed by atoms with van der Waals surface area (Å²) in [5, 5.41) is 2.53. The van der Waals surface area contributed by atoms with Gasteiger partial charge < -0.3 is 9.64 Å². The smallest absolute Gasteiger partial charge is 0.225 e. The van der Waals surface area contributed by atoms with Crippen LogP contribution < -0.4 is 9.64 Å². The second-order valence-corrected chi connectivity index (χ2v) is 8.28. The number of piperazine rings is 1. The molecule has 162 valence electrons. The third-order valence-electron chi connectivity index (χ3n) is 6.20. The SMILES string of the molecule is COc1ccc2ccccc2c1CN1CCN(c2ncc(Cc3ccccc3)cn2)CC1. The van der Waals surface area contributed by atoms with Crippen LogP contribution >= 0.6 is 0 Å². The number of aromatic nitrogens is 2. The first kappa shape index (κ1) is 20.5. The van der Waals surface area contributed by atoms with Crippen molar-refractivity contribution >= 4 is 16.7 Å². The van der Waals surface area contributed by atoms with Crippen LogP contribution in [0.2, 0.25) is 0 Å². The van der Waals surface area contributed by atoms with Gasteiger partial charge in [-0.25, -0.2) is 9.97 Å². The maximum Gasteiger partial charge on any atom is 0.225 e. The summed E-state index contributed by atoms with van der Waals surface area (Å²) in [5.74, 6) is 1.78. The highest BCUT2D eigenvalue weighted by atomic mass is 16.5. The number of hydrogen-bond donors (Lipinski definition) is 0. The highest BCUT2D eigenvalue weighted by molar-refractivity contribution is 5.87. The van der Waals surface area contributed by atoms with Gasteiger partial charge in [-0.1, -0.05) is 60.7 Å². The normalized spacial score (nSPS) is 14.6. The van der Waals surface area contributed by atoms with Crippen molar-refractivity contribution in [1.29, 1.82) is 0 Å². The average molecular weight is 425 g/mol. The Morgan fingerprint density at radius 3 is 2.25 bits per heavy atom. The number of nitrogens with zero attached hydrogens (tertiary/aromatic N) is 4. The molecule has 0 saturated carbocycles. The zero-order valence-electron chi connectivity index (χ0n) is 18.4. The van der Waals surface area contributed by atoms with Crippen LogP contribution in [0.25, 0.3) is 10.8 Å². The van der Waals surface area contributed by atoms with E-state index in [1.165, 1.54) is 21.9 Å². The van der Waals surface area contributed by atoms with Gasteiger partial charge in [-0.2, -0.15) is 0 Å². The fourth-order valence-electron chi connectivity index (χ4n) is 4.43. The van der Waals surface area contributed by atoms with Crippen LogP contribution in [0.1, 0.15) is 16.7 Å². The molecule has 0 radical (unpaired) electrons. The topological polar surface area (TPSA) is 41.5 Å². The lowest BCUT2D eigenvalue weighted by atomic mass is 10.0. The van der Waals surface area contributed by atoms with Crippen LogP contribution in [0.4, 0.5) is 5.95 Å². The van der Waals surface area contributed by atoms with Gasteiger partial charge in [0, 0.05) is 57.1 Å². The minimum atomic E-state index is 0.823. The number of anilines is 1. The molecular weight excluding hydrogens is 396 g/mol. The number of rotatable bonds is 6. The lowest BCUT2D eigenvalue weighted by Gasteiger charge is -2.35. The van der Waals surface area contributed by atoms with Crippen LogP contribution in [0, 0.1) is 0 Å². The van der Waals surface area contributed by atoms with Crippen molar-refractivity contribution in [2.45, 2.75) is 13.0 Å². The lowest BCUT2D eigenvalue weighted by Crippen LogP contribution is -2.46. The summed E-state index contributed by atoms with van der Waals surface area (Å²) in [4.78, 5) is 14.1. The highest BCUT2D eigenvalue weighted by Gasteiger charge is 2.21. The molecule has 1 aliphatic rings. The minimum absolute atomic E-state index is 0.823. The predicted octanol–water partition coefficient (Wildman–Crippen LogP) is 4.55. The van der Waals surface area contributed by atoms with Gasteiger partial charge in [-0.15, -0.1) is 0 Å². The van der Waals surface area contributed by atoms with Crippen molar-refractivity contribution in [1.82, 2.24) is 14.9 Å². The summed E-state index contributed by atoms with van der Waals surface area (Å²) >= 11 is 0. The summed E-state index contributed by atoms with van der Waals surface area (Å²) in [7, 11) is 1.75. The zero-order chi connectivity index (χ0) is 21.8. The molecule has 0 amide bonds. The summed E-state index contributed by atoms with van der Waals surface area (Å²) < 4.78 is 5.68. The van der Waals surface area contributed by atoms with Crippen LogP contribution in [0.3, 0.4) is 0 Å². The third-order valence-corrected chi connectivity index (χ3v) is 6.20. The van der Waals surface area contributed by atoms with Crippen molar-refractivity contribution in [2.75, 3.05) is 38.2 Å². The van der Waals surface area contributed by atoms with E-state index in [0.29, 0.717) is 0 Å². The first-order chi connectivity index (χ1) is 15.8. The molecule has 0 atom stereocenters. The Labute approximate surface area is 189 Å². The van der Waals surface area contributed by atoms with E-state index in [0.717, 1.165) is 56.4 Å². The Hall–Kier alpha value is -3.44. The van der Waals surface area contributed by atoms with Crippen LogP contribution in [0.15, 0.2) is 79.1 Å². The van der Waals surface area contributed by atoms with E-state index < -0.39 is 0 Å². The molecule has 1 aromatic heterocycles. The average Bonchev–Trinajstić information content (AvgIpc) is 2.86. The molecule has 0 unspecified atom stereocenters. The second kappa shape index (κ2) is 9.37. The molecule has 1 fully saturated rings. The standard InChI is InChI=1S/C27H28N4O/c1-32-26-12-11-23-9-5-6-10-24(23)25(26)20-30-13-15-31(16-14-30)27-28-18-22(19-29-27)17-21-7-3-2-4-8-21/h2-12,18-19H,13-17,20H2,1H3. The molecule has 5 nitrogen and oxygen atoms in total. The Balaban J connectivity index is 1.23. The summed E-state index contributed by atoms with van der Waals surface area (Å²) in [5.41, 5.74) is 3.68. The lowest BCUT2D eigenvalue weighted by molar-refractivity contribution is 0.246. The van der Waals surface area contributed by atoms with Gasteiger partial charge >= 0.3 is 0 Å². The fourth-order valence-corrected chi connectivity index (χ4v) is 4.43. The summed E-state index contributed by atoms with van der Waals surface area (Å²) in [6.07, 6.45) is 4.78. The van der Waals surface area contributed by atoms with Gasteiger partial charge in [0.25, 0.3) is 0 Å². The Bertz CT molecular complexity index is 1170. The number of methoxy groups -OCH3 is 1. The van der Waals surface area contributed by atoms with Gasteiger partial charge in [0.2, 0.25) is 5.95 Å². The summed E-state index contributed by atoms with van der Waals surface area (Å²) in [6, 6.07) is 23.2. The van der Waals surface area contributed by atoms with E-state index in [1.54, 1.807) is 7.11 Å². The van der Waals surface area contributed by atoms with Crippen molar-refractivity contribution < 1.29 is 4.74 Å². The molecule has 0 aliphatic carbocycles. The molecule has 32 heavy (non-hydrogen) atoms. The quantitative estimate of drug-likeness (QED) is 0.454. The van der Waals surface area contributed by atoms with Crippen LogP contribution in [-0.4, -0.2) is 48.2 Å². The predicted molar refractivity (Wildman–Crippen MR) is 129 cm³/mol.